The second-order valence-electron chi connectivity index (χ2n) is 8.13. The maximum atomic E-state index is 13.4. The van der Waals surface area contributed by atoms with Crippen LogP contribution in [-0.4, -0.2) is 35.6 Å². The van der Waals surface area contributed by atoms with Gasteiger partial charge in [0.1, 0.15) is 20.8 Å². The monoisotopic (exact) mass is 542 g/mol. The first-order valence-electron chi connectivity index (χ1n) is 11.3. The topological polar surface area (TPSA) is 127 Å². The lowest BCUT2D eigenvalue weighted by Crippen LogP contribution is -2.20. The number of nitrogens with zero attached hydrogens (tertiary/aromatic N) is 2. The van der Waals surface area contributed by atoms with Crippen LogP contribution < -0.4 is 10.0 Å². The highest BCUT2D eigenvalue weighted by Gasteiger charge is 2.28. The number of fused-ring (bicyclic) bond motifs is 2. The summed E-state index contributed by atoms with van der Waals surface area (Å²) in [6, 6.07) is 11.0. The number of aryl methyl sites for hydroxylation is 1. The average Bonchev–Trinajstić information content (AvgIpc) is 3.49. The minimum absolute atomic E-state index is 0.0273. The van der Waals surface area contributed by atoms with E-state index in [1.165, 1.54) is 29.5 Å². The number of sulfonamides is 1. The molecule has 36 heavy (non-hydrogen) atoms. The molecule has 1 aliphatic rings. The molecule has 0 radical (unpaired) electrons. The lowest BCUT2D eigenvalue weighted by Gasteiger charge is -2.16. The first kappa shape index (κ1) is 24.3. The Labute approximate surface area is 215 Å². The summed E-state index contributed by atoms with van der Waals surface area (Å²) in [6.45, 7) is 1.95. The number of rotatable bonds is 7. The highest BCUT2D eigenvalue weighted by atomic mass is 32.2. The van der Waals surface area contributed by atoms with Crippen molar-refractivity contribution >= 4 is 67.4 Å². The van der Waals surface area contributed by atoms with Gasteiger partial charge in [0.2, 0.25) is 0 Å². The van der Waals surface area contributed by atoms with Gasteiger partial charge in [-0.3, -0.25) is 9.52 Å². The van der Waals surface area contributed by atoms with Crippen molar-refractivity contribution < 1.29 is 22.7 Å². The summed E-state index contributed by atoms with van der Waals surface area (Å²) < 4.78 is 42.4. The summed E-state index contributed by atoms with van der Waals surface area (Å²) in [4.78, 5) is 27.5. The number of ether oxygens (including phenoxy) is 1. The Hall–Kier alpha value is -3.35. The van der Waals surface area contributed by atoms with Crippen molar-refractivity contribution in [2.75, 3.05) is 16.6 Å². The van der Waals surface area contributed by atoms with Crippen molar-refractivity contribution in [3.8, 4) is 0 Å². The van der Waals surface area contributed by atoms with Crippen molar-refractivity contribution in [3.63, 3.8) is 0 Å². The zero-order chi connectivity index (χ0) is 25.3. The molecule has 0 aliphatic heterocycles. The zero-order valence-electron chi connectivity index (χ0n) is 19.2. The van der Waals surface area contributed by atoms with Crippen LogP contribution in [0.25, 0.3) is 11.0 Å². The molecule has 0 saturated carbocycles. The fraction of sp³-hybridized carbons (Fsp3) is 0.250. The summed E-state index contributed by atoms with van der Waals surface area (Å²) in [6.07, 6.45) is 3.58. The molecule has 0 fully saturated rings. The van der Waals surface area contributed by atoms with Crippen molar-refractivity contribution in [1.82, 2.24) is 8.75 Å². The number of thiophene rings is 1. The number of hydrogen-bond donors (Lipinski definition) is 2. The van der Waals surface area contributed by atoms with Gasteiger partial charge < -0.3 is 10.1 Å². The molecule has 0 atom stereocenters. The number of carbonyl (C=O) groups excluding carboxylic acids is 2. The van der Waals surface area contributed by atoms with Crippen LogP contribution in [0.4, 0.5) is 11.4 Å². The van der Waals surface area contributed by atoms with Gasteiger partial charge in [0.15, 0.2) is 0 Å². The second-order valence-corrected chi connectivity index (χ2v) is 11.4. The Morgan fingerprint density at radius 2 is 1.86 bits per heavy atom. The smallest absolute Gasteiger partial charge is 0.350 e. The van der Waals surface area contributed by atoms with Crippen molar-refractivity contribution in [1.29, 1.82) is 0 Å². The number of nitrogens with one attached hydrogen (secondary N) is 2. The Morgan fingerprint density at radius 3 is 2.69 bits per heavy atom. The van der Waals surface area contributed by atoms with E-state index in [1.54, 1.807) is 31.2 Å². The molecule has 186 valence electrons. The zero-order valence-corrected chi connectivity index (χ0v) is 21.7. The largest absolute Gasteiger partial charge is 0.462 e. The Balaban J connectivity index is 1.48. The molecule has 2 aromatic carbocycles. The molecule has 0 saturated heterocycles. The third-order valence-electron chi connectivity index (χ3n) is 5.83. The van der Waals surface area contributed by atoms with Gasteiger partial charge >= 0.3 is 5.97 Å². The van der Waals surface area contributed by atoms with E-state index in [0.29, 0.717) is 16.1 Å². The van der Waals surface area contributed by atoms with E-state index in [-0.39, 0.29) is 28.3 Å². The molecule has 1 aliphatic carbocycles. The Morgan fingerprint density at radius 1 is 1.06 bits per heavy atom. The van der Waals surface area contributed by atoms with E-state index in [9.17, 15) is 18.0 Å². The van der Waals surface area contributed by atoms with Crippen LogP contribution in [0.3, 0.4) is 0 Å². The molecule has 2 heterocycles. The van der Waals surface area contributed by atoms with Crippen molar-refractivity contribution in [2.45, 2.75) is 37.5 Å². The fourth-order valence-electron chi connectivity index (χ4n) is 4.19. The fourth-order valence-corrected chi connectivity index (χ4v) is 7.27. The first-order chi connectivity index (χ1) is 17.4. The standard InChI is InChI=1S/C24H22N4O5S3/c1-2-33-24(30)22-20(15-9-4-6-12-18(15)34-22)25-23(29)14-8-3-5-10-16(14)28-36(31,32)19-13-7-11-17-21(19)27-35-26-17/h3,5,7-8,10-11,13,28H,2,4,6,9,12H2,1H3,(H,25,29). The Kier molecular flexibility index (Phi) is 6.73. The van der Waals surface area contributed by atoms with Gasteiger partial charge in [-0.1, -0.05) is 18.2 Å². The van der Waals surface area contributed by atoms with E-state index in [1.807, 2.05) is 0 Å². The molecule has 2 N–H and O–H groups in total. The number of esters is 1. The predicted octanol–water partition coefficient (Wildman–Crippen LogP) is 4.86. The van der Waals surface area contributed by atoms with E-state index in [0.717, 1.165) is 47.9 Å². The van der Waals surface area contributed by atoms with E-state index >= 15 is 0 Å². The molecule has 2 aromatic heterocycles. The number of carbonyl (C=O) groups is 2. The molecule has 0 bridgehead atoms. The summed E-state index contributed by atoms with van der Waals surface area (Å²) in [5.74, 6) is -1.01. The summed E-state index contributed by atoms with van der Waals surface area (Å²) >= 11 is 2.27. The molecule has 12 heteroatoms. The lowest BCUT2D eigenvalue weighted by atomic mass is 9.97. The highest BCUT2D eigenvalue weighted by Crippen LogP contribution is 2.39. The van der Waals surface area contributed by atoms with Gasteiger partial charge in [-0.2, -0.15) is 8.75 Å². The van der Waals surface area contributed by atoms with Crippen LogP contribution in [-0.2, 0) is 27.6 Å². The molecule has 4 aromatic rings. The maximum Gasteiger partial charge on any atom is 0.350 e. The number of hydrogen-bond acceptors (Lipinski definition) is 9. The van der Waals surface area contributed by atoms with Gasteiger partial charge in [-0.25, -0.2) is 13.2 Å². The average molecular weight is 543 g/mol. The van der Waals surface area contributed by atoms with Gasteiger partial charge in [0.05, 0.1) is 35.3 Å². The normalized spacial score (nSPS) is 13.2. The molecule has 9 nitrogen and oxygen atoms in total. The molecule has 0 spiro atoms. The third kappa shape index (κ3) is 4.59. The number of aromatic nitrogens is 2. The third-order valence-corrected chi connectivity index (χ3v) is 9.04. The number of amides is 1. The molecular formula is C24H22N4O5S3. The van der Waals surface area contributed by atoms with Crippen molar-refractivity contribution in [2.24, 2.45) is 0 Å². The Bertz CT molecular complexity index is 1580. The highest BCUT2D eigenvalue weighted by molar-refractivity contribution is 7.93. The summed E-state index contributed by atoms with van der Waals surface area (Å²) in [5.41, 5.74) is 2.37. The van der Waals surface area contributed by atoms with E-state index in [4.69, 9.17) is 4.74 Å². The van der Waals surface area contributed by atoms with Gasteiger partial charge in [-0.05, 0) is 62.4 Å². The van der Waals surface area contributed by atoms with Gasteiger partial charge in [0, 0.05) is 4.88 Å². The molecular weight excluding hydrogens is 520 g/mol. The lowest BCUT2D eigenvalue weighted by molar-refractivity contribution is 0.0533. The molecule has 5 rings (SSSR count). The van der Waals surface area contributed by atoms with Gasteiger partial charge in [-0.15, -0.1) is 11.3 Å². The summed E-state index contributed by atoms with van der Waals surface area (Å²) in [7, 11) is -4.07. The maximum absolute atomic E-state index is 13.4. The first-order valence-corrected chi connectivity index (χ1v) is 14.4. The van der Waals surface area contributed by atoms with Crippen LogP contribution in [0.1, 0.15) is 50.2 Å². The predicted molar refractivity (Wildman–Crippen MR) is 140 cm³/mol. The van der Waals surface area contributed by atoms with Gasteiger partial charge in [0.25, 0.3) is 15.9 Å². The minimum atomic E-state index is -4.07. The van der Waals surface area contributed by atoms with Crippen LogP contribution in [0.5, 0.6) is 0 Å². The number of anilines is 2. The van der Waals surface area contributed by atoms with Crippen LogP contribution in [0.15, 0.2) is 47.4 Å². The minimum Gasteiger partial charge on any atom is -0.462 e. The van der Waals surface area contributed by atoms with Crippen LogP contribution in [0, 0.1) is 0 Å². The van der Waals surface area contributed by atoms with E-state index < -0.39 is 21.9 Å². The quantitative estimate of drug-likeness (QED) is 0.319. The number of para-hydroxylation sites is 1. The second kappa shape index (κ2) is 9.96. The molecule has 0 unspecified atom stereocenters. The SMILES string of the molecule is CCOC(=O)c1sc2c(c1NC(=O)c1ccccc1NS(=O)(=O)c1cccc3nsnc13)CCCC2. The van der Waals surface area contributed by atoms with Crippen LogP contribution in [0.2, 0.25) is 0 Å². The van der Waals surface area contributed by atoms with E-state index in [2.05, 4.69) is 18.8 Å². The van der Waals surface area contributed by atoms with Crippen molar-refractivity contribution in [3.05, 3.63) is 63.3 Å². The van der Waals surface area contributed by atoms with Crippen LogP contribution >= 0.6 is 23.1 Å². The number of benzene rings is 2. The summed E-state index contributed by atoms with van der Waals surface area (Å²) in [5, 5.41) is 2.88. The molecule has 1 amide bonds.